The van der Waals surface area contributed by atoms with E-state index in [0.29, 0.717) is 16.4 Å². The zero-order valence-electron chi connectivity index (χ0n) is 14.6. The van der Waals surface area contributed by atoms with Crippen LogP contribution < -0.4 is 21.6 Å². The Balaban J connectivity index is 1.56. The van der Waals surface area contributed by atoms with Gasteiger partial charge < -0.3 is 0 Å². The molecule has 0 spiro atoms. The van der Waals surface area contributed by atoms with Crippen molar-refractivity contribution in [2.24, 2.45) is 5.10 Å². The zero-order valence-corrected chi connectivity index (χ0v) is 16.2. The Morgan fingerprint density at radius 3 is 2.86 bits per heavy atom. The van der Waals surface area contributed by atoms with Crippen molar-refractivity contribution >= 4 is 47.4 Å². The molecule has 4 N–H and O–H groups in total. The Kier molecular flexibility index (Phi) is 6.29. The number of hydrogen-bond donors (Lipinski definition) is 4. The van der Waals surface area contributed by atoms with Crippen molar-refractivity contribution in [1.82, 2.24) is 31.4 Å². The highest BCUT2D eigenvalue weighted by Crippen LogP contribution is 2.21. The number of nitrogens with one attached hydrogen (secondary N) is 4. The molecule has 10 nitrogen and oxygen atoms in total. The molecule has 0 aliphatic carbocycles. The van der Waals surface area contributed by atoms with E-state index in [1.54, 1.807) is 11.6 Å². The van der Waals surface area contributed by atoms with E-state index in [4.69, 9.17) is 11.6 Å². The molecule has 1 aromatic heterocycles. The maximum atomic E-state index is 11.9. The van der Waals surface area contributed by atoms with Crippen LogP contribution in [0.1, 0.15) is 11.3 Å². The number of hydrazine groups is 1. The van der Waals surface area contributed by atoms with Crippen LogP contribution in [0.15, 0.2) is 35.4 Å². The van der Waals surface area contributed by atoms with Crippen molar-refractivity contribution in [3.8, 4) is 5.69 Å². The van der Waals surface area contributed by atoms with Gasteiger partial charge in [-0.05, 0) is 19.1 Å². The summed E-state index contributed by atoms with van der Waals surface area (Å²) in [6.07, 6.45) is 1.42. The van der Waals surface area contributed by atoms with Gasteiger partial charge in [-0.25, -0.2) is 20.3 Å². The van der Waals surface area contributed by atoms with Gasteiger partial charge in [0.1, 0.15) is 5.15 Å². The van der Waals surface area contributed by atoms with Gasteiger partial charge in [-0.15, -0.1) is 11.8 Å². The number of halogens is 1. The monoisotopic (exact) mass is 421 g/mol. The predicted octanol–water partition coefficient (Wildman–Crippen LogP) is 0.688. The topological polar surface area (TPSA) is 130 Å². The first-order chi connectivity index (χ1) is 13.5. The highest BCUT2D eigenvalue weighted by molar-refractivity contribution is 8.01. The molecule has 4 amide bonds. The van der Waals surface area contributed by atoms with E-state index in [1.165, 1.54) is 6.21 Å². The number of carbonyl (C=O) groups excluding carboxylic acids is 3. The lowest BCUT2D eigenvalue weighted by Crippen LogP contribution is -2.61. The molecule has 3 rings (SSSR count). The summed E-state index contributed by atoms with van der Waals surface area (Å²) in [5.41, 5.74) is 9.15. The van der Waals surface area contributed by atoms with Crippen LogP contribution in [0.2, 0.25) is 5.15 Å². The first-order valence-electron chi connectivity index (χ1n) is 8.06. The Bertz CT molecular complexity index is 932. The molecule has 1 unspecified atom stereocenters. The normalized spacial score (nSPS) is 16.7. The average Bonchev–Trinajstić information content (AvgIpc) is 2.96. The van der Waals surface area contributed by atoms with Crippen LogP contribution in [0.5, 0.6) is 0 Å². The number of benzene rings is 1. The van der Waals surface area contributed by atoms with Gasteiger partial charge in [0.15, 0.2) is 5.37 Å². The molecule has 1 atom stereocenters. The summed E-state index contributed by atoms with van der Waals surface area (Å²) in [6, 6.07) is 8.75. The van der Waals surface area contributed by atoms with Gasteiger partial charge in [0, 0.05) is 0 Å². The highest BCUT2D eigenvalue weighted by atomic mass is 35.5. The Labute approximate surface area is 169 Å². The number of para-hydroxylation sites is 1. The van der Waals surface area contributed by atoms with Gasteiger partial charge in [0.2, 0.25) is 5.91 Å². The van der Waals surface area contributed by atoms with Crippen LogP contribution >= 0.6 is 23.4 Å². The van der Waals surface area contributed by atoms with Crippen molar-refractivity contribution in [2.75, 3.05) is 5.75 Å². The molecule has 12 heteroatoms. The van der Waals surface area contributed by atoms with Gasteiger partial charge in [-0.2, -0.15) is 10.2 Å². The second-order valence-electron chi connectivity index (χ2n) is 5.61. The summed E-state index contributed by atoms with van der Waals surface area (Å²) < 4.78 is 1.58. The molecule has 28 heavy (non-hydrogen) atoms. The summed E-state index contributed by atoms with van der Waals surface area (Å²) in [7, 11) is 0. The molecule has 146 valence electrons. The van der Waals surface area contributed by atoms with Crippen molar-refractivity contribution in [1.29, 1.82) is 0 Å². The minimum atomic E-state index is -0.770. The van der Waals surface area contributed by atoms with Crippen LogP contribution in [-0.2, 0) is 9.59 Å². The van der Waals surface area contributed by atoms with Crippen molar-refractivity contribution in [3.05, 3.63) is 46.7 Å². The van der Waals surface area contributed by atoms with E-state index in [9.17, 15) is 14.4 Å². The number of nitrogens with zero attached hydrogens (tertiary/aromatic N) is 3. The molecular formula is C16H16ClN7O3S. The average molecular weight is 422 g/mol. The summed E-state index contributed by atoms with van der Waals surface area (Å²) >= 11 is 7.38. The summed E-state index contributed by atoms with van der Waals surface area (Å²) in [5, 5.41) is 9.97. The molecule has 2 aromatic rings. The lowest BCUT2D eigenvalue weighted by molar-refractivity contribution is -0.121. The maximum absolute atomic E-state index is 11.9. The molecule has 1 fully saturated rings. The number of urea groups is 1. The van der Waals surface area contributed by atoms with Crippen LogP contribution in [-0.4, -0.2) is 45.0 Å². The number of aromatic nitrogens is 2. The standard InChI is InChI=1S/C16H16ClN7O3S/c1-9-11(13(17)24(23-9)10-5-3-2-4-6-10)7-18-20-12(25)8-28-15-14(26)19-16(27)22-21-15/h2-7,15,21H,8H2,1H3,(H,20,25)(H2,19,22,26,27)/b18-7-. The van der Waals surface area contributed by atoms with E-state index in [2.05, 4.69) is 31.8 Å². The zero-order chi connectivity index (χ0) is 20.1. The molecule has 1 saturated heterocycles. The van der Waals surface area contributed by atoms with Crippen molar-refractivity contribution in [3.63, 3.8) is 0 Å². The SMILES string of the molecule is Cc1nn(-c2ccccc2)c(Cl)c1/C=N\NC(=O)CSC1NNC(=O)NC1=O. The number of hydrogen-bond acceptors (Lipinski definition) is 7. The Morgan fingerprint density at radius 2 is 2.14 bits per heavy atom. The second-order valence-corrected chi connectivity index (χ2v) is 7.06. The molecule has 0 saturated carbocycles. The fourth-order valence-corrected chi connectivity index (χ4v) is 3.34. The van der Waals surface area contributed by atoms with Crippen LogP contribution in [0.3, 0.4) is 0 Å². The van der Waals surface area contributed by atoms with Crippen LogP contribution in [0, 0.1) is 6.92 Å². The minimum absolute atomic E-state index is 0.0473. The number of imide groups is 1. The van der Waals surface area contributed by atoms with Gasteiger partial charge in [-0.3, -0.25) is 20.3 Å². The Morgan fingerprint density at radius 1 is 1.39 bits per heavy atom. The summed E-state index contributed by atoms with van der Waals surface area (Å²) in [6.45, 7) is 1.78. The molecular weight excluding hydrogens is 406 g/mol. The molecule has 0 radical (unpaired) electrons. The largest absolute Gasteiger partial charge is 0.335 e. The predicted molar refractivity (Wildman–Crippen MR) is 105 cm³/mol. The van der Waals surface area contributed by atoms with Gasteiger partial charge >= 0.3 is 6.03 Å². The van der Waals surface area contributed by atoms with E-state index in [0.717, 1.165) is 17.4 Å². The quantitative estimate of drug-likeness (QED) is 0.401. The lowest BCUT2D eigenvalue weighted by atomic mass is 10.3. The van der Waals surface area contributed by atoms with Crippen molar-refractivity contribution < 1.29 is 14.4 Å². The highest BCUT2D eigenvalue weighted by Gasteiger charge is 2.26. The lowest BCUT2D eigenvalue weighted by Gasteiger charge is -2.22. The van der Waals surface area contributed by atoms with E-state index in [-0.39, 0.29) is 5.75 Å². The van der Waals surface area contributed by atoms with E-state index >= 15 is 0 Å². The molecule has 0 bridgehead atoms. The number of aryl methyl sites for hydroxylation is 1. The van der Waals surface area contributed by atoms with Crippen LogP contribution in [0.4, 0.5) is 4.79 Å². The first-order valence-corrected chi connectivity index (χ1v) is 9.49. The summed E-state index contributed by atoms with van der Waals surface area (Å²) in [5.74, 6) is -0.994. The molecule has 1 aromatic carbocycles. The third-order valence-electron chi connectivity index (χ3n) is 3.60. The molecule has 1 aliphatic rings. The minimum Gasteiger partial charge on any atom is -0.275 e. The van der Waals surface area contributed by atoms with E-state index in [1.807, 2.05) is 30.3 Å². The molecule has 2 heterocycles. The summed E-state index contributed by atoms with van der Waals surface area (Å²) in [4.78, 5) is 34.4. The van der Waals surface area contributed by atoms with Gasteiger partial charge in [-0.1, -0.05) is 29.8 Å². The smallest absolute Gasteiger partial charge is 0.275 e. The number of rotatable bonds is 6. The Hall–Kier alpha value is -2.89. The second kappa shape index (κ2) is 8.87. The van der Waals surface area contributed by atoms with Gasteiger partial charge in [0.25, 0.3) is 5.91 Å². The van der Waals surface area contributed by atoms with Crippen LogP contribution in [0.25, 0.3) is 5.69 Å². The fraction of sp³-hybridized carbons (Fsp3) is 0.188. The van der Waals surface area contributed by atoms with Gasteiger partial charge in [0.05, 0.1) is 28.9 Å². The third-order valence-corrected chi connectivity index (χ3v) is 5.06. The first kappa shape index (κ1) is 19.9. The fourth-order valence-electron chi connectivity index (χ4n) is 2.28. The number of hydrazone groups is 1. The number of carbonyl (C=O) groups is 3. The van der Waals surface area contributed by atoms with E-state index < -0.39 is 23.2 Å². The number of thioether (sulfide) groups is 1. The molecule has 1 aliphatic heterocycles. The third kappa shape index (κ3) is 4.68. The maximum Gasteiger partial charge on any atom is 0.335 e. The van der Waals surface area contributed by atoms with Crippen molar-refractivity contribution in [2.45, 2.75) is 12.3 Å². The number of amides is 4.